The van der Waals surface area contributed by atoms with E-state index in [2.05, 4.69) is 42.6 Å². The SMILES string of the molecule is CCCCCCCC1Oc2ccc(-c3ncc(-c4ccccc4O[Si]CCC(C)CC(C)CCCC)cn3)nc2C1(F)F. The number of rotatable bonds is 18. The van der Waals surface area contributed by atoms with Crippen molar-refractivity contribution in [1.29, 1.82) is 0 Å². The van der Waals surface area contributed by atoms with Gasteiger partial charge in [0.2, 0.25) is 0 Å². The van der Waals surface area contributed by atoms with Crippen LogP contribution in [0.1, 0.15) is 104 Å². The highest BCUT2D eigenvalue weighted by Crippen LogP contribution is 2.46. The van der Waals surface area contributed by atoms with Gasteiger partial charge in [0, 0.05) is 23.5 Å². The van der Waals surface area contributed by atoms with Crippen LogP contribution in [0, 0.1) is 11.8 Å². The molecule has 8 heteroatoms. The standard InChI is InChI=1S/C35H47F2N3O2Si/c1-5-7-9-10-11-17-32-35(36,37)33-31(41-32)19-18-29(40-33)34-38-23-27(24-39-34)28-15-12-13-16-30(28)42-43-21-20-26(4)22-25(3)14-8-6-2/h12-13,15-16,18-19,23-26,32H,5-11,14,17,20-22H2,1-4H3. The van der Waals surface area contributed by atoms with Crippen LogP contribution in [0.5, 0.6) is 11.5 Å². The molecule has 0 bridgehead atoms. The molecule has 3 heterocycles. The van der Waals surface area contributed by atoms with Crippen LogP contribution < -0.4 is 9.16 Å². The third-order valence-electron chi connectivity index (χ3n) is 8.27. The number of alkyl halides is 2. The first-order valence-corrected chi connectivity index (χ1v) is 17.3. The number of ether oxygens (including phenoxy) is 1. The van der Waals surface area contributed by atoms with Gasteiger partial charge in [-0.1, -0.05) is 97.3 Å². The van der Waals surface area contributed by atoms with E-state index in [0.717, 1.165) is 67.4 Å². The van der Waals surface area contributed by atoms with E-state index in [1.54, 1.807) is 24.5 Å². The highest BCUT2D eigenvalue weighted by molar-refractivity contribution is 6.28. The van der Waals surface area contributed by atoms with Crippen molar-refractivity contribution in [2.24, 2.45) is 11.8 Å². The molecule has 5 nitrogen and oxygen atoms in total. The van der Waals surface area contributed by atoms with Gasteiger partial charge < -0.3 is 9.16 Å². The summed E-state index contributed by atoms with van der Waals surface area (Å²) >= 11 is 0. The Kier molecular flexibility index (Phi) is 12.5. The number of fused-ring (bicyclic) bond motifs is 1. The third-order valence-corrected chi connectivity index (χ3v) is 9.13. The Bertz CT molecular complexity index is 1270. The molecular weight excluding hydrogens is 560 g/mol. The Morgan fingerprint density at radius 1 is 0.907 bits per heavy atom. The number of aromatic nitrogens is 3. The summed E-state index contributed by atoms with van der Waals surface area (Å²) in [6.45, 7) is 9.10. The van der Waals surface area contributed by atoms with E-state index in [1.807, 2.05) is 24.3 Å². The van der Waals surface area contributed by atoms with E-state index in [1.165, 1.54) is 25.7 Å². The Morgan fingerprint density at radius 3 is 2.40 bits per heavy atom. The minimum Gasteiger partial charge on any atom is -0.540 e. The number of halogens is 2. The van der Waals surface area contributed by atoms with Gasteiger partial charge in [0.1, 0.15) is 17.2 Å². The number of unbranched alkanes of at least 4 members (excludes halogenated alkanes) is 5. The van der Waals surface area contributed by atoms with Crippen LogP contribution in [0.15, 0.2) is 48.8 Å². The molecule has 0 N–H and O–H groups in total. The number of pyridine rings is 1. The Morgan fingerprint density at radius 2 is 1.63 bits per heavy atom. The first kappa shape index (κ1) is 33.0. The Hall–Kier alpha value is -2.87. The first-order valence-electron chi connectivity index (χ1n) is 16.2. The lowest BCUT2D eigenvalue weighted by atomic mass is 9.92. The average molecular weight is 608 g/mol. The smallest absolute Gasteiger partial charge is 0.329 e. The molecule has 0 fully saturated rings. The number of para-hydroxylation sites is 1. The summed E-state index contributed by atoms with van der Waals surface area (Å²) in [5, 5.41) is 0. The Balaban J connectivity index is 1.35. The molecule has 3 unspecified atom stereocenters. The van der Waals surface area contributed by atoms with Crippen LogP contribution in [0.25, 0.3) is 22.6 Å². The predicted molar refractivity (Wildman–Crippen MR) is 171 cm³/mol. The van der Waals surface area contributed by atoms with Gasteiger partial charge in [0.15, 0.2) is 17.6 Å². The number of nitrogens with zero attached hydrogens (tertiary/aromatic N) is 3. The van der Waals surface area contributed by atoms with Crippen LogP contribution in [-0.4, -0.2) is 30.8 Å². The van der Waals surface area contributed by atoms with Crippen LogP contribution >= 0.6 is 0 Å². The number of hydrogen-bond acceptors (Lipinski definition) is 5. The molecule has 2 aromatic heterocycles. The zero-order valence-electron chi connectivity index (χ0n) is 26.3. The fraction of sp³-hybridized carbons (Fsp3) is 0.571. The summed E-state index contributed by atoms with van der Waals surface area (Å²) in [6.07, 6.45) is 13.8. The zero-order valence-corrected chi connectivity index (χ0v) is 27.3. The van der Waals surface area contributed by atoms with Crippen molar-refractivity contribution in [3.05, 3.63) is 54.5 Å². The monoisotopic (exact) mass is 607 g/mol. The van der Waals surface area contributed by atoms with E-state index in [9.17, 15) is 0 Å². The normalized spacial score (nSPS) is 16.8. The molecule has 3 atom stereocenters. The van der Waals surface area contributed by atoms with Crippen molar-refractivity contribution in [3.8, 4) is 34.1 Å². The third kappa shape index (κ3) is 9.07. The van der Waals surface area contributed by atoms with Crippen LogP contribution in [-0.2, 0) is 5.92 Å². The lowest BCUT2D eigenvalue weighted by molar-refractivity contribution is -0.0818. The van der Waals surface area contributed by atoms with E-state index in [-0.39, 0.29) is 11.4 Å². The number of hydrogen-bond donors (Lipinski definition) is 0. The van der Waals surface area contributed by atoms with E-state index < -0.39 is 12.0 Å². The lowest BCUT2D eigenvalue weighted by Crippen LogP contribution is -2.30. The molecule has 232 valence electrons. The van der Waals surface area contributed by atoms with E-state index in [4.69, 9.17) is 9.16 Å². The second-order valence-electron chi connectivity index (χ2n) is 12.1. The van der Waals surface area contributed by atoms with Gasteiger partial charge >= 0.3 is 15.7 Å². The van der Waals surface area contributed by atoms with Crippen molar-refractivity contribution in [1.82, 2.24) is 15.0 Å². The van der Waals surface area contributed by atoms with Gasteiger partial charge in [-0.15, -0.1) is 0 Å². The predicted octanol–water partition coefficient (Wildman–Crippen LogP) is 10.1. The molecule has 43 heavy (non-hydrogen) atoms. The van der Waals surface area contributed by atoms with Crippen molar-refractivity contribution < 1.29 is 17.9 Å². The molecule has 0 saturated heterocycles. The van der Waals surface area contributed by atoms with E-state index in [0.29, 0.717) is 33.6 Å². The summed E-state index contributed by atoms with van der Waals surface area (Å²) in [6, 6.07) is 12.1. The molecule has 3 aromatic rings. The van der Waals surface area contributed by atoms with Crippen molar-refractivity contribution in [2.75, 3.05) is 0 Å². The maximum Gasteiger partial charge on any atom is 0.329 e. The average Bonchev–Trinajstić information content (AvgIpc) is 3.27. The molecule has 0 saturated carbocycles. The van der Waals surface area contributed by atoms with Gasteiger partial charge in [0.25, 0.3) is 0 Å². The maximum atomic E-state index is 15.2. The molecule has 1 aliphatic rings. The number of benzene rings is 1. The lowest BCUT2D eigenvalue weighted by Gasteiger charge is -2.17. The largest absolute Gasteiger partial charge is 0.540 e. The fourth-order valence-electron chi connectivity index (χ4n) is 5.76. The molecule has 4 rings (SSSR count). The van der Waals surface area contributed by atoms with Gasteiger partial charge in [-0.25, -0.2) is 15.0 Å². The second kappa shape index (κ2) is 16.3. The molecule has 1 aromatic carbocycles. The summed E-state index contributed by atoms with van der Waals surface area (Å²) in [7, 11) is 0.377. The fourth-order valence-corrected chi connectivity index (χ4v) is 6.81. The summed E-state index contributed by atoms with van der Waals surface area (Å²) in [5.41, 5.74) is 1.70. The minimum atomic E-state index is -3.14. The van der Waals surface area contributed by atoms with E-state index >= 15 is 8.78 Å². The van der Waals surface area contributed by atoms with Crippen molar-refractivity contribution in [2.45, 2.75) is 116 Å². The highest BCUT2D eigenvalue weighted by Gasteiger charge is 2.52. The molecule has 0 amide bonds. The van der Waals surface area contributed by atoms with Crippen LogP contribution in [0.4, 0.5) is 8.78 Å². The molecule has 1 aliphatic heterocycles. The quantitative estimate of drug-likeness (QED) is 0.106. The maximum absolute atomic E-state index is 15.2. The molecule has 0 aliphatic carbocycles. The first-order chi connectivity index (χ1) is 20.8. The Labute approximate surface area is 259 Å². The molecule has 0 spiro atoms. The van der Waals surface area contributed by atoms with Crippen LogP contribution in [0.2, 0.25) is 6.04 Å². The summed E-state index contributed by atoms with van der Waals surface area (Å²) in [5.74, 6) is -0.418. The van der Waals surface area contributed by atoms with Gasteiger partial charge in [-0.3, -0.25) is 0 Å². The van der Waals surface area contributed by atoms with Crippen molar-refractivity contribution in [3.63, 3.8) is 0 Å². The topological polar surface area (TPSA) is 57.1 Å². The van der Waals surface area contributed by atoms with Gasteiger partial charge in [-0.05, 0) is 55.3 Å². The minimum absolute atomic E-state index is 0.149. The molecular formula is C35H47F2N3O2Si. The second-order valence-corrected chi connectivity index (χ2v) is 13.1. The van der Waals surface area contributed by atoms with Gasteiger partial charge in [-0.2, -0.15) is 8.78 Å². The summed E-state index contributed by atoms with van der Waals surface area (Å²) in [4.78, 5) is 13.3. The zero-order chi connectivity index (χ0) is 30.7. The van der Waals surface area contributed by atoms with Crippen molar-refractivity contribution >= 4 is 9.76 Å². The highest BCUT2D eigenvalue weighted by atomic mass is 28.2. The summed E-state index contributed by atoms with van der Waals surface area (Å²) < 4.78 is 42.3. The molecule has 2 radical (unpaired) electrons. The van der Waals surface area contributed by atoms with Gasteiger partial charge in [0.05, 0.1) is 0 Å². The van der Waals surface area contributed by atoms with Crippen LogP contribution in [0.3, 0.4) is 0 Å².